The summed E-state index contributed by atoms with van der Waals surface area (Å²) in [4.78, 5) is 0. The van der Waals surface area contributed by atoms with Crippen LogP contribution in [-0.2, 0) is 9.84 Å². The molecule has 10 heavy (non-hydrogen) atoms. The van der Waals surface area contributed by atoms with Gasteiger partial charge in [0.15, 0.2) is 0 Å². The van der Waals surface area contributed by atoms with Crippen LogP contribution in [0.4, 0.5) is 0 Å². The molecule has 1 aliphatic rings. The molecular formula is C4H4ClNO3S. The normalized spacial score (nSPS) is 26.9. The van der Waals surface area contributed by atoms with Gasteiger partial charge in [-0.2, -0.15) is 0 Å². The number of hydrogen-bond acceptors (Lipinski definition) is 4. The van der Waals surface area contributed by atoms with E-state index in [1.807, 2.05) is 0 Å². The van der Waals surface area contributed by atoms with E-state index < -0.39 is 14.9 Å². The lowest BCUT2D eigenvalue weighted by Crippen LogP contribution is -2.10. The zero-order chi connectivity index (χ0) is 7.78. The van der Waals surface area contributed by atoms with Gasteiger partial charge in [0.25, 0.3) is 0 Å². The van der Waals surface area contributed by atoms with Gasteiger partial charge in [-0.3, -0.25) is 0 Å². The second kappa shape index (κ2) is 2.25. The second-order valence-corrected chi connectivity index (χ2v) is 4.10. The fraction of sp³-hybridized carbons (Fsp3) is 0.250. The minimum atomic E-state index is -3.41. The predicted molar refractivity (Wildman–Crippen MR) is 36.9 cm³/mol. The lowest BCUT2D eigenvalue weighted by atomic mass is 10.6. The predicted octanol–water partition coefficient (Wildman–Crippen LogP) is 0.325. The molecule has 0 aromatic carbocycles. The fourth-order valence-corrected chi connectivity index (χ4v) is 2.22. The fourth-order valence-electron chi connectivity index (χ4n) is 0.608. The Kier molecular flexibility index (Phi) is 1.70. The zero-order valence-corrected chi connectivity index (χ0v) is 6.35. The number of oxime groups is 1. The van der Waals surface area contributed by atoms with Gasteiger partial charge in [-0.25, -0.2) is 8.42 Å². The molecule has 56 valence electrons. The Morgan fingerprint density at radius 1 is 1.70 bits per heavy atom. The van der Waals surface area contributed by atoms with E-state index in [2.05, 4.69) is 5.16 Å². The maximum absolute atomic E-state index is 10.8. The van der Waals surface area contributed by atoms with Crippen LogP contribution in [0.25, 0.3) is 0 Å². The molecule has 0 spiro atoms. The molecule has 4 nitrogen and oxygen atoms in total. The van der Waals surface area contributed by atoms with Crippen molar-refractivity contribution in [3.63, 3.8) is 0 Å². The molecule has 0 atom stereocenters. The Morgan fingerprint density at radius 3 is 2.50 bits per heavy atom. The summed E-state index contributed by atoms with van der Waals surface area (Å²) in [6.07, 6.45) is 1.28. The summed E-state index contributed by atoms with van der Waals surface area (Å²) in [6, 6.07) is 0. The third kappa shape index (κ3) is 1.02. The molecule has 0 aromatic heterocycles. The van der Waals surface area contributed by atoms with Crippen LogP contribution in [0.5, 0.6) is 0 Å². The van der Waals surface area contributed by atoms with Crippen LogP contribution in [0.1, 0.15) is 0 Å². The number of hydrogen-bond donors (Lipinski definition) is 1. The van der Waals surface area contributed by atoms with Crippen LogP contribution < -0.4 is 0 Å². The van der Waals surface area contributed by atoms with Crippen LogP contribution in [0.15, 0.2) is 16.3 Å². The van der Waals surface area contributed by atoms with E-state index in [0.717, 1.165) is 0 Å². The highest BCUT2D eigenvalue weighted by molar-refractivity contribution is 8.07. The van der Waals surface area contributed by atoms with Crippen LogP contribution in [0.3, 0.4) is 0 Å². The third-order valence-corrected chi connectivity index (χ3v) is 3.01. The second-order valence-electron chi connectivity index (χ2n) is 1.74. The first-order valence-corrected chi connectivity index (χ1v) is 4.42. The molecule has 1 N–H and O–H groups in total. The van der Waals surface area contributed by atoms with E-state index in [9.17, 15) is 8.42 Å². The average Bonchev–Trinajstić information content (AvgIpc) is 2.07. The molecule has 0 saturated heterocycles. The smallest absolute Gasteiger partial charge is 0.212 e. The molecule has 1 aliphatic heterocycles. The summed E-state index contributed by atoms with van der Waals surface area (Å²) in [5.41, 5.74) is 0. The largest absolute Gasteiger partial charge is 0.410 e. The van der Waals surface area contributed by atoms with E-state index >= 15 is 0 Å². The highest BCUT2D eigenvalue weighted by Gasteiger charge is 2.28. The maximum atomic E-state index is 10.8. The van der Waals surface area contributed by atoms with Crippen molar-refractivity contribution >= 4 is 26.5 Å². The molecule has 6 heteroatoms. The number of halogens is 1. The van der Waals surface area contributed by atoms with Gasteiger partial charge in [0, 0.05) is 0 Å². The lowest BCUT2D eigenvalue weighted by Gasteiger charge is -1.90. The minimum absolute atomic E-state index is 0.0116. The Morgan fingerprint density at radius 2 is 2.30 bits per heavy atom. The van der Waals surface area contributed by atoms with Gasteiger partial charge in [-0.15, -0.1) is 0 Å². The quantitative estimate of drug-likeness (QED) is 0.433. The Balaban J connectivity index is 3.20. The zero-order valence-electron chi connectivity index (χ0n) is 4.78. The number of nitrogens with zero attached hydrogens (tertiary/aromatic N) is 1. The van der Waals surface area contributed by atoms with Crippen LogP contribution >= 0.6 is 11.6 Å². The molecule has 0 bridgehead atoms. The molecule has 0 aliphatic carbocycles. The van der Waals surface area contributed by atoms with E-state index in [1.54, 1.807) is 0 Å². The number of sulfone groups is 1. The van der Waals surface area contributed by atoms with Crippen molar-refractivity contribution in [2.45, 2.75) is 0 Å². The van der Waals surface area contributed by atoms with Crippen LogP contribution in [-0.4, -0.2) is 24.4 Å². The van der Waals surface area contributed by atoms with Gasteiger partial charge < -0.3 is 5.21 Å². The topological polar surface area (TPSA) is 66.7 Å². The maximum Gasteiger partial charge on any atom is 0.212 e. The molecule has 1 heterocycles. The molecule has 0 amide bonds. The molecule has 0 saturated carbocycles. The highest BCUT2D eigenvalue weighted by Crippen LogP contribution is 2.18. The summed E-state index contributed by atoms with van der Waals surface area (Å²) in [5, 5.41) is 10.3. The summed E-state index contributed by atoms with van der Waals surface area (Å²) in [5.74, 6) is -0.175. The van der Waals surface area contributed by atoms with E-state index in [0.29, 0.717) is 0 Å². The van der Waals surface area contributed by atoms with Gasteiger partial charge in [0.05, 0.1) is 10.8 Å². The van der Waals surface area contributed by atoms with Gasteiger partial charge in [0.2, 0.25) is 14.9 Å². The van der Waals surface area contributed by atoms with Crippen LogP contribution in [0, 0.1) is 0 Å². The van der Waals surface area contributed by atoms with Crippen molar-refractivity contribution < 1.29 is 13.6 Å². The van der Waals surface area contributed by atoms with E-state index in [-0.39, 0.29) is 10.8 Å². The van der Waals surface area contributed by atoms with Crippen molar-refractivity contribution in [1.82, 2.24) is 0 Å². The SMILES string of the molecule is O=S1(=O)CC=C(Cl)C1=NO. The van der Waals surface area contributed by atoms with E-state index in [4.69, 9.17) is 16.8 Å². The first kappa shape index (κ1) is 7.56. The Bertz CT molecular complexity index is 302. The Hall–Kier alpha value is -0.550. The first-order valence-electron chi connectivity index (χ1n) is 2.39. The van der Waals surface area contributed by atoms with Gasteiger partial charge in [-0.1, -0.05) is 16.8 Å². The molecule has 0 aromatic rings. The molecular weight excluding hydrogens is 178 g/mol. The molecule has 0 fully saturated rings. The van der Waals surface area contributed by atoms with Crippen molar-refractivity contribution in [2.24, 2.45) is 5.16 Å². The molecule has 0 unspecified atom stereocenters. The summed E-state index contributed by atoms with van der Waals surface area (Å²) in [6.45, 7) is 0. The van der Waals surface area contributed by atoms with E-state index in [1.165, 1.54) is 6.08 Å². The van der Waals surface area contributed by atoms with Crippen molar-refractivity contribution in [2.75, 3.05) is 5.75 Å². The third-order valence-electron chi connectivity index (χ3n) is 1.07. The van der Waals surface area contributed by atoms with Crippen molar-refractivity contribution in [3.8, 4) is 0 Å². The Labute approximate surface area is 62.7 Å². The highest BCUT2D eigenvalue weighted by atomic mass is 35.5. The van der Waals surface area contributed by atoms with Crippen molar-refractivity contribution in [3.05, 3.63) is 11.1 Å². The number of rotatable bonds is 0. The summed E-state index contributed by atoms with van der Waals surface area (Å²) >= 11 is 5.35. The van der Waals surface area contributed by atoms with Gasteiger partial charge in [-0.05, 0) is 6.08 Å². The summed E-state index contributed by atoms with van der Waals surface area (Å²) < 4.78 is 21.6. The van der Waals surface area contributed by atoms with Crippen LogP contribution in [0.2, 0.25) is 0 Å². The van der Waals surface area contributed by atoms with Crippen molar-refractivity contribution in [1.29, 1.82) is 0 Å². The average molecular weight is 182 g/mol. The van der Waals surface area contributed by atoms with Gasteiger partial charge in [0.1, 0.15) is 0 Å². The standard InChI is InChI=1S/C4H4ClNO3S/c5-3-1-2-10(8,9)4(3)6-7/h1,7H,2H2. The monoisotopic (exact) mass is 181 g/mol. The lowest BCUT2D eigenvalue weighted by molar-refractivity contribution is 0.321. The molecule has 0 radical (unpaired) electrons. The van der Waals surface area contributed by atoms with Gasteiger partial charge >= 0.3 is 0 Å². The molecule has 1 rings (SSSR count). The first-order chi connectivity index (χ1) is 4.58. The minimum Gasteiger partial charge on any atom is -0.410 e. The summed E-state index contributed by atoms with van der Waals surface area (Å²) in [7, 11) is -3.41.